The summed E-state index contributed by atoms with van der Waals surface area (Å²) in [6, 6.07) is 5.22. The highest BCUT2D eigenvalue weighted by Gasteiger charge is 2.41. The van der Waals surface area contributed by atoms with E-state index in [1.54, 1.807) is 18.2 Å². The molecular formula is C15H20ClNO2S2. The minimum Gasteiger partial charge on any atom is -0.399 e. The van der Waals surface area contributed by atoms with Gasteiger partial charge in [0.05, 0.1) is 26.3 Å². The van der Waals surface area contributed by atoms with Gasteiger partial charge in [0, 0.05) is 17.5 Å². The van der Waals surface area contributed by atoms with Crippen LogP contribution in [-0.4, -0.2) is 33.2 Å². The van der Waals surface area contributed by atoms with Gasteiger partial charge in [0.25, 0.3) is 0 Å². The molecule has 2 aliphatic heterocycles. The van der Waals surface area contributed by atoms with E-state index in [9.17, 15) is 4.21 Å². The number of nitrogens with two attached hydrogens (primary N) is 1. The average Bonchev–Trinajstić information content (AvgIpc) is 2.50. The average molecular weight is 346 g/mol. The Morgan fingerprint density at radius 2 is 2.14 bits per heavy atom. The summed E-state index contributed by atoms with van der Waals surface area (Å²) in [5.41, 5.74) is 6.36. The zero-order valence-electron chi connectivity index (χ0n) is 11.8. The van der Waals surface area contributed by atoms with Gasteiger partial charge in [0.1, 0.15) is 0 Å². The maximum atomic E-state index is 12.9. The van der Waals surface area contributed by atoms with Crippen molar-refractivity contribution in [1.82, 2.24) is 0 Å². The number of nitrogen functional groups attached to an aromatic ring is 1. The minimum atomic E-state index is -1.12. The molecule has 1 aromatic carbocycles. The maximum absolute atomic E-state index is 12.9. The number of rotatable bonds is 2. The van der Waals surface area contributed by atoms with Crippen LogP contribution in [0.3, 0.4) is 0 Å². The monoisotopic (exact) mass is 345 g/mol. The van der Waals surface area contributed by atoms with Crippen LogP contribution in [0.4, 0.5) is 5.69 Å². The van der Waals surface area contributed by atoms with E-state index in [4.69, 9.17) is 22.1 Å². The van der Waals surface area contributed by atoms with Gasteiger partial charge in [-0.15, -0.1) is 0 Å². The van der Waals surface area contributed by atoms with Crippen molar-refractivity contribution in [2.45, 2.75) is 41.4 Å². The molecule has 21 heavy (non-hydrogen) atoms. The second-order valence-corrected chi connectivity index (χ2v) is 9.08. The zero-order valence-corrected chi connectivity index (χ0v) is 14.2. The van der Waals surface area contributed by atoms with Gasteiger partial charge in [-0.2, -0.15) is 11.8 Å². The Labute approximate surface area is 137 Å². The van der Waals surface area contributed by atoms with Gasteiger partial charge in [-0.05, 0) is 55.4 Å². The molecule has 3 nitrogen and oxygen atoms in total. The summed E-state index contributed by atoms with van der Waals surface area (Å²) in [4.78, 5) is 0.670. The largest absolute Gasteiger partial charge is 0.399 e. The van der Waals surface area contributed by atoms with Crippen molar-refractivity contribution in [2.75, 3.05) is 23.8 Å². The van der Waals surface area contributed by atoms with Crippen LogP contribution in [0.15, 0.2) is 23.1 Å². The highest BCUT2D eigenvalue weighted by molar-refractivity contribution is 7.99. The van der Waals surface area contributed by atoms with Gasteiger partial charge in [-0.3, -0.25) is 4.21 Å². The van der Waals surface area contributed by atoms with Gasteiger partial charge < -0.3 is 10.5 Å². The molecule has 2 fully saturated rings. The number of hydrogen-bond acceptors (Lipinski definition) is 4. The molecule has 6 heteroatoms. The predicted molar refractivity (Wildman–Crippen MR) is 90.5 cm³/mol. The highest BCUT2D eigenvalue weighted by atomic mass is 35.5. The lowest BCUT2D eigenvalue weighted by Gasteiger charge is -2.43. The van der Waals surface area contributed by atoms with Crippen LogP contribution in [0, 0.1) is 0 Å². The smallest absolute Gasteiger partial charge is 0.0709 e. The first kappa shape index (κ1) is 15.7. The first-order valence-corrected chi connectivity index (χ1v) is 10.0. The summed E-state index contributed by atoms with van der Waals surface area (Å²) in [5.74, 6) is 2.27. The fraction of sp³-hybridized carbons (Fsp3) is 0.600. The van der Waals surface area contributed by atoms with E-state index < -0.39 is 10.8 Å². The van der Waals surface area contributed by atoms with Crippen LogP contribution in [0.1, 0.15) is 25.7 Å². The molecule has 2 N–H and O–H groups in total. The molecule has 3 rings (SSSR count). The minimum absolute atomic E-state index is 0.0589. The van der Waals surface area contributed by atoms with Crippen LogP contribution in [0.25, 0.3) is 0 Å². The number of anilines is 1. The quantitative estimate of drug-likeness (QED) is 0.834. The molecule has 2 saturated heterocycles. The van der Waals surface area contributed by atoms with Crippen molar-refractivity contribution in [3.8, 4) is 0 Å². The van der Waals surface area contributed by atoms with E-state index in [1.807, 2.05) is 11.8 Å². The number of hydrogen-bond donors (Lipinski definition) is 1. The van der Waals surface area contributed by atoms with Gasteiger partial charge >= 0.3 is 0 Å². The van der Waals surface area contributed by atoms with Crippen molar-refractivity contribution >= 4 is 39.8 Å². The lowest BCUT2D eigenvalue weighted by molar-refractivity contribution is -0.0809. The van der Waals surface area contributed by atoms with Crippen molar-refractivity contribution in [3.05, 3.63) is 23.2 Å². The molecule has 2 atom stereocenters. The zero-order chi connectivity index (χ0) is 14.9. The molecule has 0 aromatic heterocycles. The van der Waals surface area contributed by atoms with Crippen molar-refractivity contribution in [2.24, 2.45) is 0 Å². The normalized spacial score (nSPS) is 26.6. The molecule has 0 bridgehead atoms. The fourth-order valence-electron chi connectivity index (χ4n) is 3.11. The number of halogens is 1. The van der Waals surface area contributed by atoms with Gasteiger partial charge in [-0.1, -0.05) is 11.6 Å². The molecule has 116 valence electrons. The lowest BCUT2D eigenvalue weighted by Crippen LogP contribution is -2.45. The SMILES string of the molecule is Nc1ccc(Cl)c(S(=O)C2CCOC3(CCSCC3)C2)c1. The summed E-state index contributed by atoms with van der Waals surface area (Å²) in [6.07, 6.45) is 3.82. The van der Waals surface area contributed by atoms with E-state index in [-0.39, 0.29) is 10.9 Å². The third kappa shape index (κ3) is 3.41. The van der Waals surface area contributed by atoms with E-state index in [1.165, 1.54) is 0 Å². The van der Waals surface area contributed by atoms with Crippen molar-refractivity contribution in [1.29, 1.82) is 0 Å². The second kappa shape index (κ2) is 6.49. The molecule has 2 unspecified atom stereocenters. The van der Waals surface area contributed by atoms with Crippen LogP contribution in [0.5, 0.6) is 0 Å². The Kier molecular flexibility index (Phi) is 4.84. The van der Waals surface area contributed by atoms with Gasteiger partial charge in [0.2, 0.25) is 0 Å². The van der Waals surface area contributed by atoms with E-state index in [2.05, 4.69) is 0 Å². The predicted octanol–water partition coefficient (Wildman–Crippen LogP) is 3.47. The van der Waals surface area contributed by atoms with Gasteiger partial charge in [0.15, 0.2) is 0 Å². The summed E-state index contributed by atoms with van der Waals surface area (Å²) in [5, 5.41) is 0.656. The molecule has 1 spiro atoms. The van der Waals surface area contributed by atoms with E-state index in [0.29, 0.717) is 22.2 Å². The van der Waals surface area contributed by atoms with Crippen molar-refractivity contribution < 1.29 is 8.95 Å². The summed E-state index contributed by atoms with van der Waals surface area (Å²) < 4.78 is 19.0. The Morgan fingerprint density at radius 3 is 2.90 bits per heavy atom. The summed E-state index contributed by atoms with van der Waals surface area (Å²) in [7, 11) is -1.12. The first-order valence-electron chi connectivity index (χ1n) is 7.27. The number of ether oxygens (including phenoxy) is 1. The third-order valence-corrected chi connectivity index (χ3v) is 7.53. The number of benzene rings is 1. The molecule has 0 aliphatic carbocycles. The third-order valence-electron chi connectivity index (χ3n) is 4.33. The van der Waals surface area contributed by atoms with Crippen LogP contribution in [-0.2, 0) is 15.5 Å². The maximum Gasteiger partial charge on any atom is 0.0709 e. The van der Waals surface area contributed by atoms with Crippen LogP contribution < -0.4 is 5.73 Å². The Balaban J connectivity index is 1.79. The Hall–Kier alpha value is -0.230. The first-order chi connectivity index (χ1) is 10.1. The van der Waals surface area contributed by atoms with Crippen LogP contribution >= 0.6 is 23.4 Å². The van der Waals surface area contributed by atoms with E-state index in [0.717, 1.165) is 37.2 Å². The number of thioether (sulfide) groups is 1. The molecule has 0 saturated carbocycles. The van der Waals surface area contributed by atoms with E-state index >= 15 is 0 Å². The lowest BCUT2D eigenvalue weighted by atomic mass is 9.88. The Bertz CT molecular complexity index is 541. The second-order valence-electron chi connectivity index (χ2n) is 5.75. The van der Waals surface area contributed by atoms with Crippen molar-refractivity contribution in [3.63, 3.8) is 0 Å². The summed E-state index contributed by atoms with van der Waals surface area (Å²) >= 11 is 8.18. The van der Waals surface area contributed by atoms with Gasteiger partial charge in [-0.25, -0.2) is 0 Å². The highest BCUT2D eigenvalue weighted by Crippen LogP contribution is 2.40. The molecule has 0 radical (unpaired) electrons. The summed E-state index contributed by atoms with van der Waals surface area (Å²) in [6.45, 7) is 0.695. The Morgan fingerprint density at radius 1 is 1.38 bits per heavy atom. The topological polar surface area (TPSA) is 52.3 Å². The fourth-order valence-corrected chi connectivity index (χ4v) is 6.33. The molecular weight excluding hydrogens is 326 g/mol. The van der Waals surface area contributed by atoms with Crippen LogP contribution in [0.2, 0.25) is 5.02 Å². The molecule has 1 aromatic rings. The molecule has 2 aliphatic rings. The molecule has 0 amide bonds. The standard InChI is InChI=1S/C15H20ClNO2S2/c16-13-2-1-11(17)9-14(13)21(18)12-3-6-19-15(10-12)4-7-20-8-5-15/h1-2,9,12H,3-8,10,17H2. The molecule has 2 heterocycles.